The van der Waals surface area contributed by atoms with Gasteiger partial charge in [-0.05, 0) is 42.5 Å². The second-order valence-electron chi connectivity index (χ2n) is 4.56. The zero-order valence-corrected chi connectivity index (χ0v) is 9.56. The Morgan fingerprint density at radius 2 is 2.12 bits per heavy atom. The van der Waals surface area contributed by atoms with Gasteiger partial charge in [-0.2, -0.15) is 0 Å². The molecule has 0 bridgehead atoms. The standard InChI is InChI=1S/C14H15NO2/c15-13-5-12(11-3-4-16-9-11)6-14(7-13)17-8-10-1-2-10/h3-7,9-10H,1-2,8,15H2. The fourth-order valence-corrected chi connectivity index (χ4v) is 1.80. The number of benzene rings is 1. The number of furan rings is 1. The van der Waals surface area contributed by atoms with Gasteiger partial charge in [0.2, 0.25) is 0 Å². The summed E-state index contributed by atoms with van der Waals surface area (Å²) in [6.07, 6.45) is 5.94. The van der Waals surface area contributed by atoms with Gasteiger partial charge in [0.05, 0.1) is 19.1 Å². The number of hydrogen-bond acceptors (Lipinski definition) is 3. The zero-order chi connectivity index (χ0) is 11.7. The Labute approximate surface area is 100 Å². The number of ether oxygens (including phenoxy) is 1. The minimum absolute atomic E-state index is 0.717. The zero-order valence-electron chi connectivity index (χ0n) is 9.56. The summed E-state index contributed by atoms with van der Waals surface area (Å²) in [6.45, 7) is 0.800. The highest BCUT2D eigenvalue weighted by Crippen LogP contribution is 2.32. The molecule has 1 aliphatic carbocycles. The van der Waals surface area contributed by atoms with Crippen LogP contribution in [0.4, 0.5) is 5.69 Å². The second kappa shape index (κ2) is 4.17. The molecule has 1 fully saturated rings. The molecule has 88 valence electrons. The van der Waals surface area contributed by atoms with Crippen LogP contribution in [0.15, 0.2) is 41.2 Å². The number of hydrogen-bond donors (Lipinski definition) is 1. The summed E-state index contributed by atoms with van der Waals surface area (Å²) in [6, 6.07) is 7.71. The van der Waals surface area contributed by atoms with Crippen LogP contribution in [0.25, 0.3) is 11.1 Å². The van der Waals surface area contributed by atoms with E-state index in [9.17, 15) is 0 Å². The van der Waals surface area contributed by atoms with Gasteiger partial charge in [-0.1, -0.05) is 0 Å². The van der Waals surface area contributed by atoms with Crippen molar-refractivity contribution in [1.29, 1.82) is 0 Å². The fourth-order valence-electron chi connectivity index (χ4n) is 1.80. The van der Waals surface area contributed by atoms with Crippen molar-refractivity contribution in [1.82, 2.24) is 0 Å². The maximum atomic E-state index is 5.88. The highest BCUT2D eigenvalue weighted by molar-refractivity contribution is 5.68. The van der Waals surface area contributed by atoms with Crippen LogP contribution >= 0.6 is 0 Å². The molecule has 0 unspecified atom stereocenters. The van der Waals surface area contributed by atoms with E-state index in [0.717, 1.165) is 35.1 Å². The van der Waals surface area contributed by atoms with E-state index >= 15 is 0 Å². The van der Waals surface area contributed by atoms with E-state index in [2.05, 4.69) is 0 Å². The van der Waals surface area contributed by atoms with Crippen molar-refractivity contribution in [3.05, 3.63) is 36.8 Å². The summed E-state index contributed by atoms with van der Waals surface area (Å²) in [5.74, 6) is 1.59. The molecule has 2 N–H and O–H groups in total. The Hall–Kier alpha value is -1.90. The molecule has 0 amide bonds. The van der Waals surface area contributed by atoms with E-state index in [0.29, 0.717) is 0 Å². The molecule has 0 aliphatic heterocycles. The Balaban J connectivity index is 1.83. The van der Waals surface area contributed by atoms with Gasteiger partial charge >= 0.3 is 0 Å². The minimum Gasteiger partial charge on any atom is -0.493 e. The first-order valence-corrected chi connectivity index (χ1v) is 5.87. The predicted octanol–water partition coefficient (Wildman–Crippen LogP) is 3.32. The van der Waals surface area contributed by atoms with Crippen LogP contribution in [0.3, 0.4) is 0 Å². The number of nitrogen functional groups attached to an aromatic ring is 1. The molecule has 3 nitrogen and oxygen atoms in total. The summed E-state index contributed by atoms with van der Waals surface area (Å²) < 4.78 is 10.8. The molecule has 1 aliphatic rings. The smallest absolute Gasteiger partial charge is 0.121 e. The molecule has 1 heterocycles. The first-order valence-electron chi connectivity index (χ1n) is 5.87. The van der Waals surface area contributed by atoms with E-state index in [-0.39, 0.29) is 0 Å². The molecular weight excluding hydrogens is 214 g/mol. The highest BCUT2D eigenvalue weighted by Gasteiger charge is 2.22. The summed E-state index contributed by atoms with van der Waals surface area (Å²) in [4.78, 5) is 0. The predicted molar refractivity (Wildman–Crippen MR) is 66.8 cm³/mol. The van der Waals surface area contributed by atoms with Crippen LogP contribution in [0.1, 0.15) is 12.8 Å². The second-order valence-corrected chi connectivity index (χ2v) is 4.56. The molecular formula is C14H15NO2. The summed E-state index contributed by atoms with van der Waals surface area (Å²) >= 11 is 0. The molecule has 3 rings (SSSR count). The van der Waals surface area contributed by atoms with Crippen molar-refractivity contribution < 1.29 is 9.15 Å². The highest BCUT2D eigenvalue weighted by atomic mass is 16.5. The molecule has 1 aromatic carbocycles. The number of rotatable bonds is 4. The quantitative estimate of drug-likeness (QED) is 0.818. The van der Waals surface area contributed by atoms with Crippen molar-refractivity contribution in [3.8, 4) is 16.9 Å². The molecule has 2 aromatic rings. The van der Waals surface area contributed by atoms with Gasteiger partial charge in [0.1, 0.15) is 5.75 Å². The van der Waals surface area contributed by atoms with E-state index in [1.54, 1.807) is 12.5 Å². The summed E-state index contributed by atoms with van der Waals surface area (Å²) in [7, 11) is 0. The first kappa shape index (κ1) is 10.3. The lowest BCUT2D eigenvalue weighted by Crippen LogP contribution is -1.99. The van der Waals surface area contributed by atoms with Crippen LogP contribution in [0, 0.1) is 5.92 Å². The lowest BCUT2D eigenvalue weighted by atomic mass is 10.1. The number of anilines is 1. The van der Waals surface area contributed by atoms with E-state index < -0.39 is 0 Å². The fraction of sp³-hybridized carbons (Fsp3) is 0.286. The number of nitrogens with two attached hydrogens (primary N) is 1. The van der Waals surface area contributed by atoms with Crippen LogP contribution in [0.5, 0.6) is 5.75 Å². The maximum absolute atomic E-state index is 5.88. The average Bonchev–Trinajstić information content (AvgIpc) is 2.98. The summed E-state index contributed by atoms with van der Waals surface area (Å²) in [5.41, 5.74) is 8.65. The molecule has 0 spiro atoms. The Kier molecular flexibility index (Phi) is 2.52. The third-order valence-electron chi connectivity index (χ3n) is 2.97. The molecule has 17 heavy (non-hydrogen) atoms. The van der Waals surface area contributed by atoms with Gasteiger partial charge in [0.25, 0.3) is 0 Å². The Morgan fingerprint density at radius 1 is 1.24 bits per heavy atom. The third kappa shape index (κ3) is 2.44. The van der Waals surface area contributed by atoms with E-state index in [1.807, 2.05) is 24.3 Å². The largest absolute Gasteiger partial charge is 0.493 e. The van der Waals surface area contributed by atoms with E-state index in [1.165, 1.54) is 12.8 Å². The normalized spacial score (nSPS) is 14.8. The SMILES string of the molecule is Nc1cc(OCC2CC2)cc(-c2ccoc2)c1. The van der Waals surface area contributed by atoms with Gasteiger partial charge in [-0.15, -0.1) is 0 Å². The Morgan fingerprint density at radius 3 is 2.82 bits per heavy atom. The van der Waals surface area contributed by atoms with Crippen molar-refractivity contribution >= 4 is 5.69 Å². The Bertz CT molecular complexity index is 501. The molecule has 1 saturated carbocycles. The molecule has 3 heteroatoms. The van der Waals surface area contributed by atoms with Crippen molar-refractivity contribution in [2.75, 3.05) is 12.3 Å². The van der Waals surface area contributed by atoms with Crippen LogP contribution in [0.2, 0.25) is 0 Å². The van der Waals surface area contributed by atoms with E-state index in [4.69, 9.17) is 14.9 Å². The maximum Gasteiger partial charge on any atom is 0.121 e. The van der Waals surface area contributed by atoms with Gasteiger partial charge < -0.3 is 14.9 Å². The topological polar surface area (TPSA) is 48.4 Å². The van der Waals surface area contributed by atoms with Crippen molar-refractivity contribution in [2.24, 2.45) is 5.92 Å². The average molecular weight is 229 g/mol. The molecule has 0 atom stereocenters. The minimum atomic E-state index is 0.717. The monoisotopic (exact) mass is 229 g/mol. The first-order chi connectivity index (χ1) is 8.31. The van der Waals surface area contributed by atoms with Crippen molar-refractivity contribution in [2.45, 2.75) is 12.8 Å². The molecule has 0 saturated heterocycles. The van der Waals surface area contributed by atoms with Gasteiger partial charge in [0, 0.05) is 17.3 Å². The molecule has 1 aromatic heterocycles. The van der Waals surface area contributed by atoms with Gasteiger partial charge in [-0.3, -0.25) is 0 Å². The molecule has 0 radical (unpaired) electrons. The van der Waals surface area contributed by atoms with Gasteiger partial charge in [0.15, 0.2) is 0 Å². The third-order valence-corrected chi connectivity index (χ3v) is 2.97. The van der Waals surface area contributed by atoms with Crippen LogP contribution < -0.4 is 10.5 Å². The van der Waals surface area contributed by atoms with Gasteiger partial charge in [-0.25, -0.2) is 0 Å². The van der Waals surface area contributed by atoms with Crippen LogP contribution in [-0.2, 0) is 0 Å². The summed E-state index contributed by atoms with van der Waals surface area (Å²) in [5, 5.41) is 0. The van der Waals surface area contributed by atoms with Crippen molar-refractivity contribution in [3.63, 3.8) is 0 Å². The van der Waals surface area contributed by atoms with Crippen LogP contribution in [-0.4, -0.2) is 6.61 Å². The lowest BCUT2D eigenvalue weighted by molar-refractivity contribution is 0.300. The lowest BCUT2D eigenvalue weighted by Gasteiger charge is -2.08.